The van der Waals surface area contributed by atoms with Crippen LogP contribution >= 0.6 is 0 Å². The van der Waals surface area contributed by atoms with Crippen molar-refractivity contribution >= 4 is 5.65 Å². The van der Waals surface area contributed by atoms with Gasteiger partial charge in [-0.1, -0.05) is 6.92 Å². The smallest absolute Gasteiger partial charge is 0.153 e. The van der Waals surface area contributed by atoms with Crippen molar-refractivity contribution < 1.29 is 0 Å². The van der Waals surface area contributed by atoms with E-state index < -0.39 is 0 Å². The lowest BCUT2D eigenvalue weighted by molar-refractivity contribution is 0.859. The van der Waals surface area contributed by atoms with Gasteiger partial charge in [-0.3, -0.25) is 0 Å². The van der Waals surface area contributed by atoms with E-state index in [4.69, 9.17) is 5.73 Å². The fourth-order valence-electron chi connectivity index (χ4n) is 1.26. The van der Waals surface area contributed by atoms with Gasteiger partial charge in [0.2, 0.25) is 0 Å². The number of imidazole rings is 1. The number of aromatic nitrogens is 3. The Morgan fingerprint density at radius 3 is 2.92 bits per heavy atom. The van der Waals surface area contributed by atoms with Crippen molar-refractivity contribution in [2.24, 2.45) is 5.73 Å². The van der Waals surface area contributed by atoms with Gasteiger partial charge in [0.05, 0.1) is 17.6 Å². The number of fused-ring (bicyclic) bond motifs is 1. The maximum Gasteiger partial charge on any atom is 0.153 e. The molecule has 2 aromatic rings. The Labute approximate surface area is 76.4 Å². The average molecular weight is 176 g/mol. The Balaban J connectivity index is 2.57. The van der Waals surface area contributed by atoms with Crippen molar-refractivity contribution in [2.45, 2.75) is 19.9 Å². The lowest BCUT2D eigenvalue weighted by atomic mass is 10.3. The lowest BCUT2D eigenvalue weighted by Crippen LogP contribution is -1.95. The molecule has 2 heterocycles. The van der Waals surface area contributed by atoms with Gasteiger partial charge in [-0.2, -0.15) is 5.10 Å². The van der Waals surface area contributed by atoms with Crippen molar-refractivity contribution in [3.63, 3.8) is 0 Å². The number of aryl methyl sites for hydroxylation is 1. The first-order chi connectivity index (χ1) is 6.33. The second-order valence-electron chi connectivity index (χ2n) is 2.92. The summed E-state index contributed by atoms with van der Waals surface area (Å²) in [7, 11) is 0. The zero-order valence-electron chi connectivity index (χ0n) is 7.57. The van der Waals surface area contributed by atoms with Crippen LogP contribution in [0.15, 0.2) is 18.3 Å². The van der Waals surface area contributed by atoms with Crippen LogP contribution in [0.1, 0.15) is 18.3 Å². The molecule has 0 saturated heterocycles. The first-order valence-corrected chi connectivity index (χ1v) is 4.37. The predicted octanol–water partition coefficient (Wildman–Crippen LogP) is 0.750. The van der Waals surface area contributed by atoms with Crippen LogP contribution in [0.2, 0.25) is 0 Å². The molecule has 0 aliphatic rings. The van der Waals surface area contributed by atoms with Crippen LogP contribution in [0.4, 0.5) is 0 Å². The second-order valence-corrected chi connectivity index (χ2v) is 2.92. The monoisotopic (exact) mass is 176 g/mol. The number of nitrogens with two attached hydrogens (primary N) is 1. The summed E-state index contributed by atoms with van der Waals surface area (Å²) in [6.45, 7) is 2.54. The van der Waals surface area contributed by atoms with E-state index in [0.29, 0.717) is 6.54 Å². The summed E-state index contributed by atoms with van der Waals surface area (Å²) < 4.78 is 1.78. The number of hydrogen-bond acceptors (Lipinski definition) is 3. The summed E-state index contributed by atoms with van der Waals surface area (Å²) in [4.78, 5) is 4.28. The standard InChI is InChI=1S/C9H12N4/c1-2-7-3-4-9-11-8(5-10)6-13(9)12-7/h3-4,6H,2,5,10H2,1H3. The maximum atomic E-state index is 5.48. The van der Waals surface area contributed by atoms with Crippen LogP contribution < -0.4 is 5.73 Å². The highest BCUT2D eigenvalue weighted by Crippen LogP contribution is 2.04. The van der Waals surface area contributed by atoms with Crippen molar-refractivity contribution in [1.82, 2.24) is 14.6 Å². The van der Waals surface area contributed by atoms with Crippen LogP contribution in [0.3, 0.4) is 0 Å². The molecule has 2 aromatic heterocycles. The van der Waals surface area contributed by atoms with Gasteiger partial charge in [0.25, 0.3) is 0 Å². The second kappa shape index (κ2) is 3.14. The van der Waals surface area contributed by atoms with E-state index >= 15 is 0 Å². The fraction of sp³-hybridized carbons (Fsp3) is 0.333. The molecule has 0 aromatic carbocycles. The SMILES string of the molecule is CCc1ccc2nc(CN)cn2n1. The van der Waals surface area contributed by atoms with E-state index in [2.05, 4.69) is 17.0 Å². The minimum atomic E-state index is 0.463. The van der Waals surface area contributed by atoms with E-state index in [9.17, 15) is 0 Å². The third-order valence-corrected chi connectivity index (χ3v) is 2.00. The highest BCUT2D eigenvalue weighted by atomic mass is 15.2. The van der Waals surface area contributed by atoms with Crippen molar-refractivity contribution in [2.75, 3.05) is 0 Å². The van der Waals surface area contributed by atoms with E-state index in [1.165, 1.54) is 0 Å². The minimum absolute atomic E-state index is 0.463. The van der Waals surface area contributed by atoms with Crippen LogP contribution in [-0.2, 0) is 13.0 Å². The molecule has 4 heteroatoms. The first kappa shape index (κ1) is 8.19. The molecular formula is C9H12N4. The summed E-state index contributed by atoms with van der Waals surface area (Å²) in [5.41, 5.74) is 8.28. The molecule has 0 atom stereocenters. The van der Waals surface area contributed by atoms with E-state index in [-0.39, 0.29) is 0 Å². The van der Waals surface area contributed by atoms with Crippen LogP contribution in [0.25, 0.3) is 5.65 Å². The summed E-state index contributed by atoms with van der Waals surface area (Å²) in [6, 6.07) is 3.95. The third kappa shape index (κ3) is 1.40. The van der Waals surface area contributed by atoms with Crippen molar-refractivity contribution in [1.29, 1.82) is 0 Å². The predicted molar refractivity (Wildman–Crippen MR) is 50.3 cm³/mol. The number of rotatable bonds is 2. The zero-order valence-corrected chi connectivity index (χ0v) is 7.57. The molecule has 0 bridgehead atoms. The maximum absolute atomic E-state index is 5.48. The zero-order chi connectivity index (χ0) is 9.26. The van der Waals surface area contributed by atoms with Gasteiger partial charge >= 0.3 is 0 Å². The fourth-order valence-corrected chi connectivity index (χ4v) is 1.26. The molecule has 0 fully saturated rings. The van der Waals surface area contributed by atoms with Crippen LogP contribution in [0, 0.1) is 0 Å². The first-order valence-electron chi connectivity index (χ1n) is 4.37. The Bertz CT molecular complexity index is 416. The Morgan fingerprint density at radius 1 is 1.38 bits per heavy atom. The van der Waals surface area contributed by atoms with Crippen LogP contribution in [-0.4, -0.2) is 14.6 Å². The lowest BCUT2D eigenvalue weighted by Gasteiger charge is -1.95. The van der Waals surface area contributed by atoms with E-state index in [1.807, 2.05) is 18.3 Å². The van der Waals surface area contributed by atoms with Gasteiger partial charge in [-0.15, -0.1) is 0 Å². The number of nitrogens with zero attached hydrogens (tertiary/aromatic N) is 3. The van der Waals surface area contributed by atoms with Gasteiger partial charge in [-0.25, -0.2) is 9.50 Å². The summed E-state index contributed by atoms with van der Waals surface area (Å²) in [6.07, 6.45) is 2.81. The Kier molecular flexibility index (Phi) is 1.98. The number of hydrogen-bond donors (Lipinski definition) is 1. The van der Waals surface area contributed by atoms with Crippen molar-refractivity contribution in [3.05, 3.63) is 29.7 Å². The molecule has 0 radical (unpaired) electrons. The molecule has 68 valence electrons. The Morgan fingerprint density at radius 2 is 2.23 bits per heavy atom. The molecule has 13 heavy (non-hydrogen) atoms. The summed E-state index contributed by atoms with van der Waals surface area (Å²) >= 11 is 0. The molecular weight excluding hydrogens is 164 g/mol. The Hall–Kier alpha value is -1.42. The van der Waals surface area contributed by atoms with Gasteiger partial charge in [0.15, 0.2) is 5.65 Å². The molecule has 0 aliphatic carbocycles. The van der Waals surface area contributed by atoms with Gasteiger partial charge in [0, 0.05) is 6.54 Å². The molecule has 4 nitrogen and oxygen atoms in total. The normalized spacial score (nSPS) is 10.9. The molecule has 0 aliphatic heterocycles. The molecule has 0 saturated carbocycles. The highest BCUT2D eigenvalue weighted by molar-refractivity contribution is 5.38. The van der Waals surface area contributed by atoms with Crippen LogP contribution in [0.5, 0.6) is 0 Å². The third-order valence-electron chi connectivity index (χ3n) is 2.00. The van der Waals surface area contributed by atoms with Crippen molar-refractivity contribution in [3.8, 4) is 0 Å². The van der Waals surface area contributed by atoms with Gasteiger partial charge in [-0.05, 0) is 18.6 Å². The van der Waals surface area contributed by atoms with Gasteiger partial charge < -0.3 is 5.73 Å². The van der Waals surface area contributed by atoms with Gasteiger partial charge in [0.1, 0.15) is 0 Å². The molecule has 0 spiro atoms. The molecule has 2 N–H and O–H groups in total. The highest BCUT2D eigenvalue weighted by Gasteiger charge is 2.00. The van der Waals surface area contributed by atoms with E-state index in [1.54, 1.807) is 4.52 Å². The average Bonchev–Trinajstić information content (AvgIpc) is 2.58. The molecule has 2 rings (SSSR count). The molecule has 0 unspecified atom stereocenters. The topological polar surface area (TPSA) is 56.2 Å². The largest absolute Gasteiger partial charge is 0.325 e. The summed E-state index contributed by atoms with van der Waals surface area (Å²) in [5, 5.41) is 4.36. The molecule has 0 amide bonds. The quantitative estimate of drug-likeness (QED) is 0.734. The minimum Gasteiger partial charge on any atom is -0.325 e. The van der Waals surface area contributed by atoms with E-state index in [0.717, 1.165) is 23.5 Å². The summed E-state index contributed by atoms with van der Waals surface area (Å²) in [5.74, 6) is 0.